The molecule has 0 aliphatic heterocycles. The Hall–Kier alpha value is -0.740. The third-order valence-electron chi connectivity index (χ3n) is 3.32. The molecule has 1 aromatic carbocycles. The van der Waals surface area contributed by atoms with E-state index in [4.69, 9.17) is 10.5 Å². The molecule has 0 amide bonds. The van der Waals surface area contributed by atoms with Gasteiger partial charge in [0.2, 0.25) is 0 Å². The summed E-state index contributed by atoms with van der Waals surface area (Å²) < 4.78 is 6.08. The van der Waals surface area contributed by atoms with Crippen LogP contribution in [0.1, 0.15) is 24.8 Å². The third kappa shape index (κ3) is 1.92. The summed E-state index contributed by atoms with van der Waals surface area (Å²) in [6.45, 7) is 0.690. The second-order valence-corrected chi connectivity index (χ2v) is 5.18. The van der Waals surface area contributed by atoms with Crippen molar-refractivity contribution in [2.24, 2.45) is 5.73 Å². The first-order valence-corrected chi connectivity index (χ1v) is 6.19. The van der Waals surface area contributed by atoms with Crippen LogP contribution in [0.25, 0.3) is 0 Å². The molecule has 0 aromatic heterocycles. The maximum atomic E-state index is 9.65. The zero-order valence-corrected chi connectivity index (χ0v) is 10.9. The molecule has 1 aliphatic carbocycles. The second kappa shape index (κ2) is 4.26. The second-order valence-electron chi connectivity index (χ2n) is 4.32. The average Bonchev–Trinajstić information content (AvgIpc) is 2.99. The van der Waals surface area contributed by atoms with Crippen molar-refractivity contribution < 1.29 is 9.84 Å². The summed E-state index contributed by atoms with van der Waals surface area (Å²) in [4.78, 5) is 0. The van der Waals surface area contributed by atoms with Gasteiger partial charge in [-0.3, -0.25) is 0 Å². The summed E-state index contributed by atoms with van der Waals surface area (Å²) in [6, 6.07) is 3.62. The van der Waals surface area contributed by atoms with Crippen LogP contribution >= 0.6 is 15.9 Å². The fourth-order valence-electron chi connectivity index (χ4n) is 2.19. The monoisotopic (exact) mass is 285 g/mol. The van der Waals surface area contributed by atoms with Crippen LogP contribution in [-0.4, -0.2) is 18.8 Å². The molecule has 1 saturated carbocycles. The molecule has 0 bridgehead atoms. The van der Waals surface area contributed by atoms with Crippen LogP contribution in [-0.2, 0) is 5.41 Å². The molecule has 4 heteroatoms. The van der Waals surface area contributed by atoms with Crippen molar-refractivity contribution in [3.05, 3.63) is 22.2 Å². The third-order valence-corrected chi connectivity index (χ3v) is 3.97. The number of aromatic hydroxyl groups is 1. The minimum absolute atomic E-state index is 0.168. The number of phenols is 1. The standard InChI is InChI=1S/C12H16BrNO2/c1-16-11-6-8(9(13)7-10(11)15)12(2-3-12)4-5-14/h6-7,15H,2-5,14H2,1H3. The zero-order valence-electron chi connectivity index (χ0n) is 9.29. The van der Waals surface area contributed by atoms with E-state index in [1.165, 1.54) is 5.56 Å². The molecule has 2 rings (SSSR count). The summed E-state index contributed by atoms with van der Waals surface area (Å²) in [5, 5.41) is 9.65. The van der Waals surface area contributed by atoms with E-state index in [0.29, 0.717) is 12.3 Å². The van der Waals surface area contributed by atoms with Crippen LogP contribution in [0.2, 0.25) is 0 Å². The fourth-order valence-corrected chi connectivity index (χ4v) is 2.95. The van der Waals surface area contributed by atoms with E-state index < -0.39 is 0 Å². The lowest BCUT2D eigenvalue weighted by Crippen LogP contribution is -2.14. The van der Waals surface area contributed by atoms with E-state index in [1.807, 2.05) is 6.07 Å². The van der Waals surface area contributed by atoms with Crippen molar-refractivity contribution in [2.75, 3.05) is 13.7 Å². The van der Waals surface area contributed by atoms with Crippen LogP contribution in [0.4, 0.5) is 0 Å². The average molecular weight is 286 g/mol. The number of rotatable bonds is 4. The van der Waals surface area contributed by atoms with Gasteiger partial charge in [-0.15, -0.1) is 0 Å². The SMILES string of the molecule is COc1cc(C2(CCN)CC2)c(Br)cc1O. The molecular formula is C12H16BrNO2. The first-order chi connectivity index (χ1) is 7.63. The molecule has 3 nitrogen and oxygen atoms in total. The molecule has 0 atom stereocenters. The van der Waals surface area contributed by atoms with E-state index in [-0.39, 0.29) is 11.2 Å². The van der Waals surface area contributed by atoms with Gasteiger partial charge in [0, 0.05) is 4.47 Å². The Balaban J connectivity index is 2.41. The highest BCUT2D eigenvalue weighted by Crippen LogP contribution is 2.54. The number of methoxy groups -OCH3 is 1. The Morgan fingerprint density at radius 3 is 2.69 bits per heavy atom. The number of nitrogens with two attached hydrogens (primary N) is 1. The topological polar surface area (TPSA) is 55.5 Å². The minimum Gasteiger partial charge on any atom is -0.504 e. The van der Waals surface area contributed by atoms with Crippen LogP contribution in [0.15, 0.2) is 16.6 Å². The van der Waals surface area contributed by atoms with Gasteiger partial charge in [-0.1, -0.05) is 15.9 Å². The summed E-state index contributed by atoms with van der Waals surface area (Å²) in [6.07, 6.45) is 3.31. The Bertz CT molecular complexity index is 402. The van der Waals surface area contributed by atoms with Gasteiger partial charge >= 0.3 is 0 Å². The predicted octanol–water partition coefficient (Wildman–Crippen LogP) is 2.54. The molecule has 3 N–H and O–H groups in total. The summed E-state index contributed by atoms with van der Waals surface area (Å²) in [5.74, 6) is 0.697. The van der Waals surface area contributed by atoms with Gasteiger partial charge < -0.3 is 15.6 Å². The highest BCUT2D eigenvalue weighted by atomic mass is 79.9. The lowest BCUT2D eigenvalue weighted by atomic mass is 9.92. The van der Waals surface area contributed by atoms with E-state index in [2.05, 4.69) is 15.9 Å². The minimum atomic E-state index is 0.168. The highest BCUT2D eigenvalue weighted by Gasteiger charge is 2.44. The predicted molar refractivity (Wildman–Crippen MR) is 66.9 cm³/mol. The number of benzene rings is 1. The van der Waals surface area contributed by atoms with E-state index >= 15 is 0 Å². The summed E-state index contributed by atoms with van der Waals surface area (Å²) in [5.41, 5.74) is 7.05. The van der Waals surface area contributed by atoms with Gasteiger partial charge in [0.15, 0.2) is 11.5 Å². The fraction of sp³-hybridized carbons (Fsp3) is 0.500. The van der Waals surface area contributed by atoms with Crippen LogP contribution < -0.4 is 10.5 Å². The molecule has 1 aliphatic rings. The van der Waals surface area contributed by atoms with E-state index in [9.17, 15) is 5.11 Å². The van der Waals surface area contributed by atoms with Crippen LogP contribution in [0.3, 0.4) is 0 Å². The van der Waals surface area contributed by atoms with Gasteiger partial charge in [0.05, 0.1) is 7.11 Å². The van der Waals surface area contributed by atoms with Crippen molar-refractivity contribution in [3.8, 4) is 11.5 Å². The van der Waals surface area contributed by atoms with Crippen molar-refractivity contribution >= 4 is 15.9 Å². The quantitative estimate of drug-likeness (QED) is 0.894. The molecule has 88 valence electrons. The Morgan fingerprint density at radius 1 is 1.50 bits per heavy atom. The number of halogens is 1. The maximum absolute atomic E-state index is 9.65. The first-order valence-electron chi connectivity index (χ1n) is 5.40. The molecule has 0 saturated heterocycles. The smallest absolute Gasteiger partial charge is 0.160 e. The molecule has 0 spiro atoms. The highest BCUT2D eigenvalue weighted by molar-refractivity contribution is 9.10. The Kier molecular flexibility index (Phi) is 3.13. The number of hydrogen-bond acceptors (Lipinski definition) is 3. The van der Waals surface area contributed by atoms with Crippen molar-refractivity contribution in [3.63, 3.8) is 0 Å². The molecular weight excluding hydrogens is 270 g/mol. The lowest BCUT2D eigenvalue weighted by Gasteiger charge is -2.18. The molecule has 0 unspecified atom stereocenters. The lowest BCUT2D eigenvalue weighted by molar-refractivity contribution is 0.372. The molecule has 0 radical (unpaired) electrons. The molecule has 1 fully saturated rings. The zero-order chi connectivity index (χ0) is 11.8. The summed E-state index contributed by atoms with van der Waals surface area (Å²) in [7, 11) is 1.56. The molecule has 16 heavy (non-hydrogen) atoms. The van der Waals surface area contributed by atoms with Gasteiger partial charge in [-0.05, 0) is 48.9 Å². The van der Waals surface area contributed by atoms with Crippen molar-refractivity contribution in [1.29, 1.82) is 0 Å². The summed E-state index contributed by atoms with van der Waals surface area (Å²) >= 11 is 3.50. The number of phenolic OH excluding ortho intramolecular Hbond substituents is 1. The molecule has 0 heterocycles. The van der Waals surface area contributed by atoms with Gasteiger partial charge in [0.1, 0.15) is 0 Å². The van der Waals surface area contributed by atoms with Gasteiger partial charge in [0.25, 0.3) is 0 Å². The number of ether oxygens (including phenoxy) is 1. The Morgan fingerprint density at radius 2 is 2.19 bits per heavy atom. The van der Waals surface area contributed by atoms with E-state index in [0.717, 1.165) is 23.7 Å². The van der Waals surface area contributed by atoms with Gasteiger partial charge in [-0.2, -0.15) is 0 Å². The largest absolute Gasteiger partial charge is 0.504 e. The number of hydrogen-bond donors (Lipinski definition) is 2. The molecule has 1 aromatic rings. The first kappa shape index (κ1) is 11.7. The maximum Gasteiger partial charge on any atom is 0.160 e. The van der Waals surface area contributed by atoms with Crippen molar-refractivity contribution in [2.45, 2.75) is 24.7 Å². The normalized spacial score (nSPS) is 17.2. The van der Waals surface area contributed by atoms with Crippen molar-refractivity contribution in [1.82, 2.24) is 0 Å². The van der Waals surface area contributed by atoms with Crippen LogP contribution in [0.5, 0.6) is 11.5 Å². The van der Waals surface area contributed by atoms with Crippen LogP contribution in [0, 0.1) is 0 Å². The van der Waals surface area contributed by atoms with Gasteiger partial charge in [-0.25, -0.2) is 0 Å². The van der Waals surface area contributed by atoms with E-state index in [1.54, 1.807) is 13.2 Å². The Labute approximate surface area is 104 Å².